The smallest absolute Gasteiger partial charge is 0.324 e. The molecule has 1 aromatic carbocycles. The monoisotopic (exact) mass is 1480 g/mol. The standard InChI is InChI=1S/C55H78FN9O8.C20H27F2N5O4S/c1-13-64-44-19-18-37-30-40(44)41(48(64)39-16-14-24-57-46(39)36(4)71-12)32-53(5,6)34-73-51(69)42-17-15-25-65(59-42)50(68)43(31-38-33-63(37)28-29-72-38)58-49(67)47(35(2)3)61(11)52(70)55(56)22-26-62(27-23-55)45(66)20-21-54(7,8)60(9)10;1-20(29)7-3-4-15(20)27-17-12(10-14(16(21)22)18(27)28)11-23-19(25-17)24-13-5-8-26(9-6-13)32(2,30)31/h14,16,18-19,24,30,35-36,38,42-43,47,59H,13,15,17,22-23,25-29,31-34H2,1-12H3,(H,58,67);10-11,13,15-16,29H,3-9H2,1-2H3,(H,23,24,25). The van der Waals surface area contributed by atoms with Crippen molar-refractivity contribution in [1.82, 2.24) is 58.8 Å². The Labute approximate surface area is 613 Å². The number of methoxy groups -OCH3 is 1. The molecule has 5 aromatic rings. The number of hydrogen-bond acceptors (Lipinski definition) is 19. The van der Waals surface area contributed by atoms with E-state index in [1.165, 1.54) is 38.3 Å². The second kappa shape index (κ2) is 32.3. The van der Waals surface area contributed by atoms with E-state index in [-0.39, 0.29) is 69.2 Å². The molecule has 1 aliphatic carbocycles. The molecular weight excluding hydrogens is 1380 g/mol. The Kier molecular flexibility index (Phi) is 24.6. The molecule has 30 heteroatoms. The lowest BCUT2D eigenvalue weighted by atomic mass is 9.84. The third-order valence-corrected chi connectivity index (χ3v) is 23.2. The molecule has 0 spiro atoms. The van der Waals surface area contributed by atoms with Crippen LogP contribution >= 0.6 is 0 Å². The summed E-state index contributed by atoms with van der Waals surface area (Å²) in [6, 6.07) is 7.74. The lowest BCUT2D eigenvalue weighted by Crippen LogP contribution is -2.63. The van der Waals surface area contributed by atoms with Gasteiger partial charge in [0.2, 0.25) is 21.9 Å². The van der Waals surface area contributed by atoms with Crippen molar-refractivity contribution in [2.24, 2.45) is 11.3 Å². The third-order valence-electron chi connectivity index (χ3n) is 21.9. The molecule has 0 radical (unpaired) electrons. The molecule has 9 heterocycles. The quantitative estimate of drug-likeness (QED) is 0.0589. The van der Waals surface area contributed by atoms with E-state index < -0.39 is 116 Å². The largest absolute Gasteiger partial charge is 0.464 e. The number of likely N-dealkylation sites (N-methyl/N-ethyl adjacent to an activating group) is 1. The van der Waals surface area contributed by atoms with Gasteiger partial charge in [0, 0.05) is 137 Å². The number of carbonyl (C=O) groups excluding carboxylic acids is 5. The first-order chi connectivity index (χ1) is 49.5. The Bertz CT molecular complexity index is 4270. The number of hydrazine groups is 1. The molecule has 5 fully saturated rings. The van der Waals surface area contributed by atoms with Crippen LogP contribution in [0.5, 0.6) is 0 Å². The summed E-state index contributed by atoms with van der Waals surface area (Å²) < 4.78 is 90.5. The molecule has 4 saturated heterocycles. The van der Waals surface area contributed by atoms with Gasteiger partial charge in [-0.25, -0.2) is 36.3 Å². The lowest BCUT2D eigenvalue weighted by Gasteiger charge is -2.41. The Morgan fingerprint density at radius 2 is 1.66 bits per heavy atom. The minimum absolute atomic E-state index is 0.0172. The van der Waals surface area contributed by atoms with Crippen molar-refractivity contribution in [3.8, 4) is 23.1 Å². The van der Waals surface area contributed by atoms with Gasteiger partial charge in [-0.2, -0.15) is 4.98 Å². The number of benzene rings is 1. The highest BCUT2D eigenvalue weighted by Gasteiger charge is 2.48. The summed E-state index contributed by atoms with van der Waals surface area (Å²) >= 11 is 0. The maximum absolute atomic E-state index is 16.8. The fourth-order valence-electron chi connectivity index (χ4n) is 15.3. The van der Waals surface area contributed by atoms with Gasteiger partial charge in [0.1, 0.15) is 23.8 Å². The summed E-state index contributed by atoms with van der Waals surface area (Å²) in [4.78, 5) is 104. The van der Waals surface area contributed by atoms with Crippen LogP contribution in [0.2, 0.25) is 0 Å². The molecule has 7 unspecified atom stereocenters. The number of aromatic nitrogens is 5. The number of nitrogens with zero attached hydrogens (tertiary/aromatic N) is 11. The van der Waals surface area contributed by atoms with Crippen LogP contribution < -0.4 is 26.5 Å². The van der Waals surface area contributed by atoms with Gasteiger partial charge in [-0.3, -0.25) is 48.2 Å². The van der Waals surface area contributed by atoms with E-state index in [0.29, 0.717) is 96.1 Å². The molecule has 574 valence electrons. The van der Waals surface area contributed by atoms with Crippen molar-refractivity contribution in [2.75, 3.05) is 104 Å². The van der Waals surface area contributed by atoms with E-state index >= 15 is 4.39 Å². The molecule has 1 saturated carbocycles. The molecule has 4 aromatic heterocycles. The molecule has 6 aliphatic rings. The predicted octanol–water partition coefficient (Wildman–Crippen LogP) is 7.33. The maximum Gasteiger partial charge on any atom is 0.324 e. The summed E-state index contributed by atoms with van der Waals surface area (Å²) in [5.41, 5.74) is 3.14. The van der Waals surface area contributed by atoms with Crippen LogP contribution in [-0.4, -0.2) is 232 Å². The van der Waals surface area contributed by atoms with Gasteiger partial charge in [0.05, 0.1) is 65.8 Å². The molecule has 4 N–H and O–H groups in total. The summed E-state index contributed by atoms with van der Waals surface area (Å²) in [5, 5.41) is 19.7. The number of fused-ring (bicyclic) bond motifs is 7. The Morgan fingerprint density at radius 1 is 0.943 bits per heavy atom. The Hall–Kier alpha value is -7.79. The number of pyridine rings is 2. The number of aliphatic hydroxyl groups is 1. The first-order valence-electron chi connectivity index (χ1n) is 36.6. The number of carbonyl (C=O) groups is 5. The number of rotatable bonds is 15. The molecule has 5 aliphatic heterocycles. The number of hydrogen-bond donors (Lipinski definition) is 4. The van der Waals surface area contributed by atoms with Gasteiger partial charge in [0.25, 0.3) is 29.7 Å². The SMILES string of the molecule is CC1(O)CCCC1n1c(=O)c(C(F)F)cc2cnc(NC3CCN(S(C)(=O)=O)CC3)nc21.CCn1c(-c2cccnc2C(C)OC)c2c3cc(ccc31)N1CCOC(CC(NC(=O)C(C(C)C)N(C)C(=O)C3(F)CCN(C(=O)C#CC(C)(C)N(C)C)CC3)C(=O)N3CCCC(N3)C(=O)OCC(C)(C)C2)C1. The van der Waals surface area contributed by atoms with Crippen molar-refractivity contribution in [3.63, 3.8) is 0 Å². The van der Waals surface area contributed by atoms with E-state index in [1.54, 1.807) is 34.1 Å². The van der Waals surface area contributed by atoms with E-state index in [2.05, 4.69) is 92.4 Å². The van der Waals surface area contributed by atoms with Gasteiger partial charge in [0.15, 0.2) is 5.67 Å². The van der Waals surface area contributed by atoms with Crippen LogP contribution in [0.3, 0.4) is 0 Å². The number of morpholine rings is 1. The van der Waals surface area contributed by atoms with E-state index in [0.717, 1.165) is 50.1 Å². The number of alkyl halides is 3. The molecular formula is C75H105F3N14O12S. The van der Waals surface area contributed by atoms with Gasteiger partial charge in [-0.15, -0.1) is 0 Å². The number of amides is 4. The van der Waals surface area contributed by atoms with Crippen molar-refractivity contribution in [1.29, 1.82) is 0 Å². The maximum atomic E-state index is 16.8. The highest BCUT2D eigenvalue weighted by Crippen LogP contribution is 2.44. The number of likely N-dealkylation sites (tertiary alicyclic amines) is 1. The fourth-order valence-corrected chi connectivity index (χ4v) is 16.1. The van der Waals surface area contributed by atoms with E-state index in [4.69, 9.17) is 19.2 Å². The summed E-state index contributed by atoms with van der Waals surface area (Å²) in [6.07, 6.45) is 4.38. The third kappa shape index (κ3) is 17.8. The molecule has 6 bridgehead atoms. The molecule has 7 atom stereocenters. The summed E-state index contributed by atoms with van der Waals surface area (Å²) in [7, 11) is 3.58. The van der Waals surface area contributed by atoms with E-state index in [1.807, 2.05) is 45.8 Å². The van der Waals surface area contributed by atoms with Gasteiger partial charge < -0.3 is 49.2 Å². The van der Waals surface area contributed by atoms with Crippen LogP contribution in [-0.2, 0) is 61.2 Å². The number of nitrogens with one attached hydrogen (secondary N) is 3. The van der Waals surface area contributed by atoms with Crippen molar-refractivity contribution >= 4 is 73.2 Å². The van der Waals surface area contributed by atoms with Crippen LogP contribution in [0.1, 0.15) is 162 Å². The predicted molar refractivity (Wildman–Crippen MR) is 393 cm³/mol. The molecule has 11 rings (SSSR count). The Morgan fingerprint density at radius 3 is 2.30 bits per heavy atom. The minimum atomic E-state index is -3.24. The first-order valence-corrected chi connectivity index (χ1v) is 38.5. The Balaban J connectivity index is 0.000000306. The summed E-state index contributed by atoms with van der Waals surface area (Å²) in [5.74, 6) is 2.50. The first kappa shape index (κ1) is 79.8. The van der Waals surface area contributed by atoms with Crippen LogP contribution in [0.25, 0.3) is 33.2 Å². The van der Waals surface area contributed by atoms with Crippen molar-refractivity contribution in [2.45, 2.75) is 205 Å². The van der Waals surface area contributed by atoms with Gasteiger partial charge in [-0.05, 0) is 154 Å². The van der Waals surface area contributed by atoms with Gasteiger partial charge in [-0.1, -0.05) is 33.6 Å². The summed E-state index contributed by atoms with van der Waals surface area (Å²) in [6.45, 7) is 20.3. The average Bonchev–Trinajstić information content (AvgIpc) is 1.62. The number of esters is 1. The number of cyclic esters (lactones) is 1. The zero-order chi connectivity index (χ0) is 76.4. The molecule has 26 nitrogen and oxygen atoms in total. The number of sulfonamides is 1. The van der Waals surface area contributed by atoms with E-state index in [9.17, 15) is 51.1 Å². The van der Waals surface area contributed by atoms with Crippen LogP contribution in [0, 0.1) is 23.2 Å². The molecule has 4 amide bonds. The number of piperidine rings is 2. The number of anilines is 2. The average molecular weight is 1480 g/mol. The zero-order valence-corrected chi connectivity index (χ0v) is 63.9. The number of ether oxygens (including phenoxy) is 3. The highest BCUT2D eigenvalue weighted by atomic mass is 32.2. The minimum Gasteiger partial charge on any atom is -0.464 e. The number of halogens is 3. The second-order valence-electron chi connectivity index (χ2n) is 31.0. The van der Waals surface area contributed by atoms with Crippen molar-refractivity contribution < 1.29 is 64.9 Å². The topological polar surface area (TPSA) is 289 Å². The van der Waals surface area contributed by atoms with Crippen LogP contribution in [0.4, 0.5) is 24.8 Å². The normalized spacial score (nSPS) is 23.5. The second-order valence-corrected chi connectivity index (χ2v) is 33.0. The van der Waals surface area contributed by atoms with Crippen molar-refractivity contribution in [3.05, 3.63) is 76.0 Å². The molecule has 105 heavy (non-hydrogen) atoms. The zero-order valence-electron chi connectivity index (χ0n) is 63.1. The van der Waals surface area contributed by atoms with Crippen LogP contribution in [0.15, 0.2) is 53.6 Å². The lowest BCUT2D eigenvalue weighted by molar-refractivity contribution is -0.156. The van der Waals surface area contributed by atoms with Gasteiger partial charge >= 0.3 is 5.97 Å². The fraction of sp³-hybridized carbons (Fsp3) is 0.640. The number of aryl methyl sites for hydroxylation is 1. The highest BCUT2D eigenvalue weighted by molar-refractivity contribution is 7.88.